The van der Waals surface area contributed by atoms with E-state index in [9.17, 15) is 0 Å². The first-order valence-electron chi connectivity index (χ1n) is 7.15. The fourth-order valence-corrected chi connectivity index (χ4v) is 2.47. The topological polar surface area (TPSA) is 18.5 Å². The first kappa shape index (κ1) is 14.9. The molecular formula is C14H31N3. The van der Waals surface area contributed by atoms with Gasteiger partial charge in [0.05, 0.1) is 0 Å². The molecule has 0 aromatic rings. The second-order valence-electron chi connectivity index (χ2n) is 6.16. The van der Waals surface area contributed by atoms with Crippen LogP contribution in [0.5, 0.6) is 0 Å². The highest BCUT2D eigenvalue weighted by Gasteiger charge is 2.21. The zero-order valence-electron chi connectivity index (χ0n) is 12.2. The van der Waals surface area contributed by atoms with Crippen LogP contribution in [0.25, 0.3) is 0 Å². The van der Waals surface area contributed by atoms with Gasteiger partial charge in [-0.1, -0.05) is 13.8 Å². The number of hydrogen-bond acceptors (Lipinski definition) is 3. The molecule has 0 saturated carbocycles. The Morgan fingerprint density at radius 1 is 1.35 bits per heavy atom. The lowest BCUT2D eigenvalue weighted by Crippen LogP contribution is -2.29. The van der Waals surface area contributed by atoms with Crippen LogP contribution in [0.4, 0.5) is 0 Å². The average molecular weight is 241 g/mol. The molecule has 1 atom stereocenters. The quantitative estimate of drug-likeness (QED) is 0.695. The molecule has 0 bridgehead atoms. The zero-order valence-corrected chi connectivity index (χ0v) is 12.2. The average Bonchev–Trinajstić information content (AvgIpc) is 2.65. The summed E-state index contributed by atoms with van der Waals surface area (Å²) >= 11 is 0. The summed E-state index contributed by atoms with van der Waals surface area (Å²) in [4.78, 5) is 4.91. The second-order valence-corrected chi connectivity index (χ2v) is 6.16. The molecule has 0 aromatic heterocycles. The lowest BCUT2D eigenvalue weighted by Gasteiger charge is -2.18. The van der Waals surface area contributed by atoms with Gasteiger partial charge in [-0.15, -0.1) is 0 Å². The van der Waals surface area contributed by atoms with Gasteiger partial charge in [0.25, 0.3) is 0 Å². The molecular weight excluding hydrogens is 210 g/mol. The predicted molar refractivity (Wildman–Crippen MR) is 75.4 cm³/mol. The molecule has 1 fully saturated rings. The van der Waals surface area contributed by atoms with Gasteiger partial charge in [0.1, 0.15) is 0 Å². The number of rotatable bonds is 8. The van der Waals surface area contributed by atoms with Crippen molar-refractivity contribution in [2.45, 2.75) is 26.7 Å². The Bertz CT molecular complexity index is 172. The van der Waals surface area contributed by atoms with Crippen molar-refractivity contribution in [1.82, 2.24) is 15.1 Å². The summed E-state index contributed by atoms with van der Waals surface area (Å²) in [7, 11) is 4.31. The lowest BCUT2D eigenvalue weighted by atomic mass is 10.1. The first-order valence-corrected chi connectivity index (χ1v) is 7.15. The summed E-state index contributed by atoms with van der Waals surface area (Å²) in [5.74, 6) is 1.65. The molecule has 1 N–H and O–H groups in total. The van der Waals surface area contributed by atoms with Crippen molar-refractivity contribution in [2.24, 2.45) is 11.8 Å². The summed E-state index contributed by atoms with van der Waals surface area (Å²) in [5.41, 5.74) is 0. The maximum Gasteiger partial charge on any atom is 0.00223 e. The van der Waals surface area contributed by atoms with Crippen molar-refractivity contribution < 1.29 is 0 Å². The Labute approximate surface area is 108 Å². The highest BCUT2D eigenvalue weighted by molar-refractivity contribution is 4.77. The maximum atomic E-state index is 3.59. The van der Waals surface area contributed by atoms with Gasteiger partial charge in [0.15, 0.2) is 0 Å². The number of nitrogens with one attached hydrogen (secondary N) is 1. The van der Waals surface area contributed by atoms with E-state index in [0.29, 0.717) is 0 Å². The van der Waals surface area contributed by atoms with Gasteiger partial charge < -0.3 is 15.1 Å². The third-order valence-corrected chi connectivity index (χ3v) is 3.44. The minimum absolute atomic E-state index is 0.771. The van der Waals surface area contributed by atoms with Crippen molar-refractivity contribution in [1.29, 1.82) is 0 Å². The number of nitrogens with zero attached hydrogens (tertiary/aromatic N) is 2. The predicted octanol–water partition coefficient (Wildman–Crippen LogP) is 1.51. The van der Waals surface area contributed by atoms with Gasteiger partial charge in [-0.3, -0.25) is 0 Å². The molecule has 1 saturated heterocycles. The van der Waals surface area contributed by atoms with Crippen LogP contribution in [0.1, 0.15) is 26.7 Å². The van der Waals surface area contributed by atoms with Gasteiger partial charge in [-0.2, -0.15) is 0 Å². The summed E-state index contributed by atoms with van der Waals surface area (Å²) in [6, 6.07) is 0. The third-order valence-electron chi connectivity index (χ3n) is 3.44. The smallest absolute Gasteiger partial charge is 0.00223 e. The molecule has 1 rings (SSSR count). The Hall–Kier alpha value is -0.120. The van der Waals surface area contributed by atoms with Gasteiger partial charge in [0.2, 0.25) is 0 Å². The molecule has 0 spiro atoms. The Morgan fingerprint density at radius 3 is 2.76 bits per heavy atom. The first-order chi connectivity index (χ1) is 8.08. The van der Waals surface area contributed by atoms with Crippen molar-refractivity contribution >= 4 is 0 Å². The number of hydrogen-bond donors (Lipinski definition) is 1. The molecule has 1 unspecified atom stereocenters. The minimum Gasteiger partial charge on any atom is -0.316 e. The fourth-order valence-electron chi connectivity index (χ4n) is 2.47. The van der Waals surface area contributed by atoms with E-state index in [0.717, 1.165) is 18.4 Å². The molecule has 102 valence electrons. The van der Waals surface area contributed by atoms with E-state index < -0.39 is 0 Å². The van der Waals surface area contributed by atoms with Gasteiger partial charge in [-0.05, 0) is 71.5 Å². The summed E-state index contributed by atoms with van der Waals surface area (Å²) in [5, 5.41) is 3.59. The van der Waals surface area contributed by atoms with Crippen LogP contribution in [0.3, 0.4) is 0 Å². The van der Waals surface area contributed by atoms with Crippen LogP contribution in [0.15, 0.2) is 0 Å². The van der Waals surface area contributed by atoms with Crippen LogP contribution in [-0.4, -0.2) is 63.2 Å². The van der Waals surface area contributed by atoms with Gasteiger partial charge in [-0.25, -0.2) is 0 Å². The molecule has 0 aromatic carbocycles. The standard InChI is InChI=1S/C14H31N3/c1-13(2)10-15-11-14-6-9-17(12-14)8-5-7-16(3)4/h13-15H,5-12H2,1-4H3. The number of likely N-dealkylation sites (tertiary alicyclic amines) is 1. The Balaban J connectivity index is 2.02. The molecule has 0 radical (unpaired) electrons. The third kappa shape index (κ3) is 7.02. The largest absolute Gasteiger partial charge is 0.316 e. The fraction of sp³-hybridized carbons (Fsp3) is 1.00. The van der Waals surface area contributed by atoms with Crippen molar-refractivity contribution in [3.63, 3.8) is 0 Å². The molecule has 3 nitrogen and oxygen atoms in total. The van der Waals surface area contributed by atoms with E-state index >= 15 is 0 Å². The van der Waals surface area contributed by atoms with Crippen molar-refractivity contribution in [3.8, 4) is 0 Å². The van der Waals surface area contributed by atoms with Crippen LogP contribution in [0, 0.1) is 11.8 Å². The molecule has 1 heterocycles. The van der Waals surface area contributed by atoms with E-state index in [4.69, 9.17) is 0 Å². The molecule has 0 aliphatic carbocycles. The second kappa shape index (κ2) is 8.06. The van der Waals surface area contributed by atoms with Crippen molar-refractivity contribution in [3.05, 3.63) is 0 Å². The molecule has 3 heteroatoms. The minimum atomic E-state index is 0.771. The lowest BCUT2D eigenvalue weighted by molar-refractivity contribution is 0.291. The normalized spacial score (nSPS) is 21.9. The molecule has 17 heavy (non-hydrogen) atoms. The maximum absolute atomic E-state index is 3.59. The van der Waals surface area contributed by atoms with E-state index in [2.05, 4.69) is 43.1 Å². The van der Waals surface area contributed by atoms with E-state index in [-0.39, 0.29) is 0 Å². The van der Waals surface area contributed by atoms with Gasteiger partial charge in [0, 0.05) is 6.54 Å². The summed E-state index contributed by atoms with van der Waals surface area (Å²) < 4.78 is 0. The summed E-state index contributed by atoms with van der Waals surface area (Å²) in [6.07, 6.45) is 2.69. The monoisotopic (exact) mass is 241 g/mol. The van der Waals surface area contributed by atoms with Crippen LogP contribution in [0.2, 0.25) is 0 Å². The summed E-state index contributed by atoms with van der Waals surface area (Å²) in [6.45, 7) is 12.0. The van der Waals surface area contributed by atoms with Crippen LogP contribution < -0.4 is 5.32 Å². The van der Waals surface area contributed by atoms with Crippen molar-refractivity contribution in [2.75, 3.05) is 53.4 Å². The molecule has 1 aliphatic rings. The van der Waals surface area contributed by atoms with E-state index in [1.54, 1.807) is 0 Å². The highest BCUT2D eigenvalue weighted by Crippen LogP contribution is 2.15. The van der Waals surface area contributed by atoms with Crippen LogP contribution >= 0.6 is 0 Å². The zero-order chi connectivity index (χ0) is 12.7. The molecule has 0 amide bonds. The molecule has 1 aliphatic heterocycles. The van der Waals surface area contributed by atoms with Gasteiger partial charge >= 0.3 is 0 Å². The Kier molecular flexibility index (Phi) is 7.09. The van der Waals surface area contributed by atoms with E-state index in [1.165, 1.54) is 45.6 Å². The van der Waals surface area contributed by atoms with Crippen LogP contribution in [-0.2, 0) is 0 Å². The highest BCUT2D eigenvalue weighted by atomic mass is 15.2. The SMILES string of the molecule is CC(C)CNCC1CCN(CCCN(C)C)C1. The van der Waals surface area contributed by atoms with E-state index in [1.807, 2.05) is 0 Å². The Morgan fingerprint density at radius 2 is 2.12 bits per heavy atom.